The minimum absolute atomic E-state index is 0.0378. The van der Waals surface area contributed by atoms with Crippen LogP contribution < -0.4 is 5.32 Å². The number of carbonyl (C=O) groups is 1. The van der Waals surface area contributed by atoms with Gasteiger partial charge in [0.1, 0.15) is 6.10 Å². The fourth-order valence-corrected chi connectivity index (χ4v) is 7.74. The number of benzene rings is 2. The number of aromatic nitrogens is 2. The lowest BCUT2D eigenvalue weighted by Crippen LogP contribution is -2.48. The summed E-state index contributed by atoms with van der Waals surface area (Å²) in [5, 5.41) is 14.4. The third-order valence-corrected chi connectivity index (χ3v) is 10.4. The van der Waals surface area contributed by atoms with Gasteiger partial charge in [0.2, 0.25) is 9.84 Å². The molecule has 2 aromatic carbocycles. The number of amides is 1. The van der Waals surface area contributed by atoms with E-state index in [1.54, 1.807) is 12.3 Å². The number of nitrogens with one attached hydrogen (secondary N) is 1. The monoisotopic (exact) mass is 611 g/mol. The Labute approximate surface area is 250 Å². The molecule has 3 aromatic rings. The highest BCUT2D eigenvalue weighted by Gasteiger charge is 2.44. The molecule has 1 aliphatic carbocycles. The van der Waals surface area contributed by atoms with Gasteiger partial charge in [0.05, 0.1) is 53.3 Å². The molecule has 3 aliphatic rings. The third-order valence-electron chi connectivity index (χ3n) is 8.51. The van der Waals surface area contributed by atoms with Crippen molar-refractivity contribution in [2.75, 3.05) is 13.2 Å². The number of aliphatic hydroxyl groups is 1. The van der Waals surface area contributed by atoms with Crippen molar-refractivity contribution in [3.05, 3.63) is 66.5 Å². The minimum Gasteiger partial charge on any atom is -0.443 e. The molecule has 0 unspecified atom stereocenters. The SMILES string of the molecule is O=C(N[C@@H](Cc1ccccc1)[C@@H](O)C[C@@H](OC1CCCC1)S(=O)(=O)c1ccc2nccnc2c1)O[C@H]1CO[C@H]2OCC[C@H]21. The summed E-state index contributed by atoms with van der Waals surface area (Å²) in [7, 11) is -4.06. The molecule has 2 N–H and O–H groups in total. The molecule has 1 amide bonds. The molecule has 230 valence electrons. The molecule has 11 nitrogen and oxygen atoms in total. The Bertz CT molecular complexity index is 1500. The summed E-state index contributed by atoms with van der Waals surface area (Å²) in [6.07, 6.45) is 4.16. The van der Waals surface area contributed by atoms with E-state index in [1.165, 1.54) is 18.3 Å². The van der Waals surface area contributed by atoms with Crippen LogP contribution in [0, 0.1) is 5.92 Å². The predicted molar refractivity (Wildman–Crippen MR) is 156 cm³/mol. The molecule has 3 heterocycles. The average molecular weight is 612 g/mol. The molecule has 1 aromatic heterocycles. The van der Waals surface area contributed by atoms with Gasteiger partial charge in [0.25, 0.3) is 0 Å². The van der Waals surface area contributed by atoms with Crippen molar-refractivity contribution in [1.29, 1.82) is 0 Å². The number of rotatable bonds is 11. The fourth-order valence-electron chi connectivity index (χ4n) is 6.15. The number of ether oxygens (including phenoxy) is 4. The highest BCUT2D eigenvalue weighted by molar-refractivity contribution is 7.92. The van der Waals surface area contributed by atoms with E-state index in [-0.39, 0.29) is 42.7 Å². The van der Waals surface area contributed by atoms with E-state index in [4.69, 9.17) is 18.9 Å². The molecule has 0 radical (unpaired) electrons. The van der Waals surface area contributed by atoms with Gasteiger partial charge in [0, 0.05) is 18.8 Å². The molecule has 2 aliphatic heterocycles. The number of nitrogens with zero attached hydrogens (tertiary/aromatic N) is 2. The largest absolute Gasteiger partial charge is 0.443 e. The molecule has 43 heavy (non-hydrogen) atoms. The molecular formula is C31H37N3O8S. The average Bonchev–Trinajstić information content (AvgIpc) is 3.78. The summed E-state index contributed by atoms with van der Waals surface area (Å²) in [4.78, 5) is 21.6. The Morgan fingerprint density at radius 2 is 1.79 bits per heavy atom. The van der Waals surface area contributed by atoms with E-state index in [0.717, 1.165) is 37.7 Å². The topological polar surface area (TPSA) is 146 Å². The summed E-state index contributed by atoms with van der Waals surface area (Å²) in [5.74, 6) is -0.0378. The zero-order chi connectivity index (χ0) is 29.8. The van der Waals surface area contributed by atoms with E-state index in [1.807, 2.05) is 30.3 Å². The first kappa shape index (κ1) is 29.9. The lowest BCUT2D eigenvalue weighted by Gasteiger charge is -2.29. The van der Waals surface area contributed by atoms with Gasteiger partial charge in [-0.15, -0.1) is 0 Å². The van der Waals surface area contributed by atoms with E-state index >= 15 is 0 Å². The van der Waals surface area contributed by atoms with Crippen molar-refractivity contribution < 1.29 is 37.3 Å². The summed E-state index contributed by atoms with van der Waals surface area (Å²) >= 11 is 0. The zero-order valence-corrected chi connectivity index (χ0v) is 24.6. The van der Waals surface area contributed by atoms with Crippen molar-refractivity contribution in [3.8, 4) is 0 Å². The molecule has 6 rings (SSSR count). The van der Waals surface area contributed by atoms with Crippen LogP contribution in [-0.2, 0) is 35.2 Å². The highest BCUT2D eigenvalue weighted by Crippen LogP contribution is 2.33. The number of hydrogen-bond acceptors (Lipinski definition) is 10. The minimum atomic E-state index is -4.06. The first-order valence-corrected chi connectivity index (χ1v) is 16.4. The number of sulfone groups is 1. The van der Waals surface area contributed by atoms with Gasteiger partial charge in [-0.2, -0.15) is 0 Å². The van der Waals surface area contributed by atoms with E-state index in [0.29, 0.717) is 17.6 Å². The Balaban J connectivity index is 1.22. The van der Waals surface area contributed by atoms with E-state index < -0.39 is 39.6 Å². The quantitative estimate of drug-likeness (QED) is 0.330. The maximum Gasteiger partial charge on any atom is 0.407 e. The Hall–Kier alpha value is -3.16. The van der Waals surface area contributed by atoms with Gasteiger partial charge in [-0.1, -0.05) is 43.2 Å². The van der Waals surface area contributed by atoms with Crippen molar-refractivity contribution in [2.45, 2.75) is 85.9 Å². The number of carbonyl (C=O) groups excluding carboxylic acids is 1. The predicted octanol–water partition coefficient (Wildman–Crippen LogP) is 3.54. The van der Waals surface area contributed by atoms with Crippen LogP contribution in [0.1, 0.15) is 44.1 Å². The van der Waals surface area contributed by atoms with Crippen LogP contribution in [0.5, 0.6) is 0 Å². The molecular weight excluding hydrogens is 574 g/mol. The molecule has 0 spiro atoms. The summed E-state index contributed by atoms with van der Waals surface area (Å²) in [6, 6.07) is 13.1. The smallest absolute Gasteiger partial charge is 0.407 e. The van der Waals surface area contributed by atoms with Crippen molar-refractivity contribution in [1.82, 2.24) is 15.3 Å². The normalized spacial score (nSPS) is 24.4. The van der Waals surface area contributed by atoms with Crippen LogP contribution in [-0.4, -0.2) is 78.9 Å². The number of hydrogen-bond donors (Lipinski definition) is 2. The van der Waals surface area contributed by atoms with Crippen molar-refractivity contribution in [2.24, 2.45) is 5.92 Å². The number of fused-ring (bicyclic) bond motifs is 2. The molecule has 1 saturated carbocycles. The van der Waals surface area contributed by atoms with Crippen LogP contribution in [0.2, 0.25) is 0 Å². The lowest BCUT2D eigenvalue weighted by atomic mass is 9.99. The lowest BCUT2D eigenvalue weighted by molar-refractivity contribution is -0.0907. The summed E-state index contributed by atoms with van der Waals surface area (Å²) in [6.45, 7) is 0.785. The Morgan fingerprint density at radius 1 is 1.02 bits per heavy atom. The van der Waals surface area contributed by atoms with Crippen LogP contribution in [0.3, 0.4) is 0 Å². The molecule has 0 bridgehead atoms. The zero-order valence-electron chi connectivity index (χ0n) is 23.8. The Morgan fingerprint density at radius 3 is 2.58 bits per heavy atom. The third kappa shape index (κ3) is 6.99. The van der Waals surface area contributed by atoms with Gasteiger partial charge in [0.15, 0.2) is 11.7 Å². The molecule has 2 saturated heterocycles. The van der Waals surface area contributed by atoms with E-state index in [9.17, 15) is 18.3 Å². The van der Waals surface area contributed by atoms with E-state index in [2.05, 4.69) is 15.3 Å². The van der Waals surface area contributed by atoms with Crippen LogP contribution in [0.25, 0.3) is 11.0 Å². The molecule has 3 fully saturated rings. The first-order valence-electron chi connectivity index (χ1n) is 14.9. The summed E-state index contributed by atoms with van der Waals surface area (Å²) < 4.78 is 51.1. The number of alkyl carbamates (subject to hydrolysis) is 1. The van der Waals surface area contributed by atoms with Gasteiger partial charge >= 0.3 is 6.09 Å². The van der Waals surface area contributed by atoms with Crippen LogP contribution in [0.4, 0.5) is 4.79 Å². The van der Waals surface area contributed by atoms with Crippen LogP contribution in [0.15, 0.2) is 65.8 Å². The first-order chi connectivity index (χ1) is 20.9. The maximum atomic E-state index is 14.0. The number of aliphatic hydroxyl groups excluding tert-OH is 1. The highest BCUT2D eigenvalue weighted by atomic mass is 32.2. The summed E-state index contributed by atoms with van der Waals surface area (Å²) in [5.41, 5.74) is 0.546. The second-order valence-electron chi connectivity index (χ2n) is 11.4. The van der Waals surface area contributed by atoms with Gasteiger partial charge in [-0.25, -0.2) is 13.2 Å². The van der Waals surface area contributed by atoms with Crippen molar-refractivity contribution in [3.63, 3.8) is 0 Å². The molecule has 6 atom stereocenters. The second-order valence-corrected chi connectivity index (χ2v) is 13.5. The van der Waals surface area contributed by atoms with Gasteiger partial charge in [-0.3, -0.25) is 9.97 Å². The van der Waals surface area contributed by atoms with Crippen molar-refractivity contribution >= 4 is 27.0 Å². The standard InChI is InChI=1S/C31H37N3O8S/c35-27(26(16-20-6-2-1-3-7-20)34-31(36)42-28-19-40-30-23(28)12-15-39-30)18-29(41-21-8-4-5-9-21)43(37,38)22-10-11-24-25(17-22)33-14-13-32-24/h1-3,6-7,10-11,13-14,17,21,23,26-30,35H,4-5,8-9,12,15-16,18-19H2,(H,34,36)/t23-,26-,27-,28-,29-,30+/m0/s1. The van der Waals surface area contributed by atoms with Gasteiger partial charge < -0.3 is 29.4 Å². The molecule has 12 heteroatoms. The fraction of sp³-hybridized carbons (Fsp3) is 0.516. The van der Waals surface area contributed by atoms with Gasteiger partial charge in [-0.05, 0) is 49.4 Å². The second kappa shape index (κ2) is 13.2. The maximum absolute atomic E-state index is 14.0. The van der Waals surface area contributed by atoms with Crippen LogP contribution >= 0.6 is 0 Å². The Kier molecular flexibility index (Phi) is 9.20.